The largest absolute Gasteiger partial charge is 0.381 e. The molecule has 0 spiro atoms. The van der Waals surface area contributed by atoms with Crippen LogP contribution in [-0.2, 0) is 4.74 Å². The summed E-state index contributed by atoms with van der Waals surface area (Å²) in [5.41, 5.74) is -0.987. The third-order valence-electron chi connectivity index (χ3n) is 3.26. The molecular weight excluding hydrogens is 169 g/mol. The summed E-state index contributed by atoms with van der Waals surface area (Å²) in [4.78, 5) is 0. The van der Waals surface area contributed by atoms with Crippen molar-refractivity contribution >= 4 is 0 Å². The molecule has 0 aromatic rings. The summed E-state index contributed by atoms with van der Waals surface area (Å²) in [7, 11) is 0. The number of ether oxygens (including phenoxy) is 1. The van der Waals surface area contributed by atoms with Gasteiger partial charge in [-0.2, -0.15) is 0 Å². The van der Waals surface area contributed by atoms with Crippen molar-refractivity contribution in [3.8, 4) is 0 Å². The summed E-state index contributed by atoms with van der Waals surface area (Å²) in [5, 5.41) is 3.14. The third kappa shape index (κ3) is 2.02. The van der Waals surface area contributed by atoms with Crippen LogP contribution >= 0.6 is 0 Å². The Bertz CT molecular complexity index is 162. The molecule has 0 saturated carbocycles. The van der Waals surface area contributed by atoms with Gasteiger partial charge in [0.15, 0.2) is 0 Å². The molecule has 0 aliphatic carbocycles. The SMILES string of the molecule is FC1(C2CCCOC2)CCCNC1. The fourth-order valence-corrected chi connectivity index (χ4v) is 2.39. The van der Waals surface area contributed by atoms with Gasteiger partial charge in [0, 0.05) is 19.1 Å². The van der Waals surface area contributed by atoms with Crippen molar-refractivity contribution in [1.82, 2.24) is 5.32 Å². The molecule has 2 fully saturated rings. The average Bonchev–Trinajstić information content (AvgIpc) is 2.20. The van der Waals surface area contributed by atoms with Gasteiger partial charge in [0.2, 0.25) is 0 Å². The average molecular weight is 187 g/mol. The van der Waals surface area contributed by atoms with Crippen molar-refractivity contribution in [3.63, 3.8) is 0 Å². The second kappa shape index (κ2) is 3.93. The normalized spacial score (nSPS) is 41.8. The second-order valence-corrected chi connectivity index (χ2v) is 4.23. The first-order chi connectivity index (χ1) is 6.31. The smallest absolute Gasteiger partial charge is 0.128 e. The molecule has 0 radical (unpaired) electrons. The molecule has 2 rings (SSSR count). The van der Waals surface area contributed by atoms with E-state index in [1.54, 1.807) is 0 Å². The number of hydrogen-bond donors (Lipinski definition) is 1. The number of halogens is 1. The number of piperidine rings is 1. The molecule has 2 aliphatic heterocycles. The Kier molecular flexibility index (Phi) is 2.84. The molecule has 2 nitrogen and oxygen atoms in total. The summed E-state index contributed by atoms with van der Waals surface area (Å²) < 4.78 is 19.6. The van der Waals surface area contributed by atoms with E-state index in [1.807, 2.05) is 0 Å². The van der Waals surface area contributed by atoms with E-state index in [0.29, 0.717) is 19.6 Å². The monoisotopic (exact) mass is 187 g/mol. The predicted molar refractivity (Wildman–Crippen MR) is 49.5 cm³/mol. The van der Waals surface area contributed by atoms with Gasteiger partial charge in [0.25, 0.3) is 0 Å². The molecule has 76 valence electrons. The molecule has 2 aliphatic rings. The van der Waals surface area contributed by atoms with Gasteiger partial charge in [-0.05, 0) is 32.2 Å². The van der Waals surface area contributed by atoms with Crippen LogP contribution in [0.2, 0.25) is 0 Å². The van der Waals surface area contributed by atoms with Crippen LogP contribution in [0.4, 0.5) is 4.39 Å². The molecule has 2 heterocycles. The molecule has 0 aromatic carbocycles. The zero-order chi connectivity index (χ0) is 9.15. The predicted octanol–water partition coefficient (Wildman–Crippen LogP) is 1.50. The van der Waals surface area contributed by atoms with Crippen LogP contribution in [0.25, 0.3) is 0 Å². The molecule has 2 saturated heterocycles. The molecule has 2 atom stereocenters. The van der Waals surface area contributed by atoms with Crippen LogP contribution < -0.4 is 5.32 Å². The summed E-state index contributed by atoms with van der Waals surface area (Å²) >= 11 is 0. The fourth-order valence-electron chi connectivity index (χ4n) is 2.39. The molecule has 0 amide bonds. The molecular formula is C10H18FNO. The van der Waals surface area contributed by atoms with Crippen molar-refractivity contribution < 1.29 is 9.13 Å². The van der Waals surface area contributed by atoms with E-state index in [1.165, 1.54) is 0 Å². The maximum Gasteiger partial charge on any atom is 0.128 e. The highest BCUT2D eigenvalue weighted by Crippen LogP contribution is 2.34. The number of hydrogen-bond acceptors (Lipinski definition) is 2. The summed E-state index contributed by atoms with van der Waals surface area (Å²) in [5.74, 6) is 0.133. The van der Waals surface area contributed by atoms with Gasteiger partial charge in [0.1, 0.15) is 5.67 Å². The van der Waals surface area contributed by atoms with Crippen molar-refractivity contribution in [2.75, 3.05) is 26.3 Å². The highest BCUT2D eigenvalue weighted by atomic mass is 19.1. The van der Waals surface area contributed by atoms with E-state index in [-0.39, 0.29) is 5.92 Å². The Morgan fingerprint density at radius 3 is 2.92 bits per heavy atom. The van der Waals surface area contributed by atoms with Crippen LogP contribution in [0, 0.1) is 5.92 Å². The maximum atomic E-state index is 14.3. The first-order valence-electron chi connectivity index (χ1n) is 5.29. The molecule has 3 heteroatoms. The Morgan fingerprint density at radius 2 is 2.31 bits per heavy atom. The lowest BCUT2D eigenvalue weighted by Crippen LogP contribution is -2.49. The molecule has 2 unspecified atom stereocenters. The van der Waals surface area contributed by atoms with Crippen molar-refractivity contribution in [1.29, 1.82) is 0 Å². The van der Waals surface area contributed by atoms with Crippen LogP contribution in [-0.4, -0.2) is 32.0 Å². The van der Waals surface area contributed by atoms with E-state index in [9.17, 15) is 4.39 Å². The van der Waals surface area contributed by atoms with E-state index in [4.69, 9.17) is 4.74 Å². The Morgan fingerprint density at radius 1 is 1.38 bits per heavy atom. The molecule has 0 aromatic heterocycles. The van der Waals surface area contributed by atoms with Gasteiger partial charge >= 0.3 is 0 Å². The van der Waals surface area contributed by atoms with Gasteiger partial charge in [-0.25, -0.2) is 4.39 Å². The fraction of sp³-hybridized carbons (Fsp3) is 1.00. The highest BCUT2D eigenvalue weighted by Gasteiger charge is 2.40. The first kappa shape index (κ1) is 9.41. The van der Waals surface area contributed by atoms with Gasteiger partial charge in [-0.3, -0.25) is 0 Å². The number of rotatable bonds is 1. The van der Waals surface area contributed by atoms with Gasteiger partial charge < -0.3 is 10.1 Å². The number of alkyl halides is 1. The molecule has 13 heavy (non-hydrogen) atoms. The van der Waals surface area contributed by atoms with Crippen LogP contribution in [0.5, 0.6) is 0 Å². The Hall–Kier alpha value is -0.150. The Labute approximate surface area is 78.8 Å². The van der Waals surface area contributed by atoms with E-state index in [2.05, 4.69) is 5.32 Å². The minimum Gasteiger partial charge on any atom is -0.381 e. The standard InChI is InChI=1S/C10H18FNO/c11-10(4-2-5-12-8-10)9-3-1-6-13-7-9/h9,12H,1-8H2. The topological polar surface area (TPSA) is 21.3 Å². The molecule has 1 N–H and O–H groups in total. The lowest BCUT2D eigenvalue weighted by atomic mass is 9.80. The van der Waals surface area contributed by atoms with Crippen LogP contribution in [0.1, 0.15) is 25.7 Å². The summed E-state index contributed by atoms with van der Waals surface area (Å²) in [6, 6.07) is 0. The van der Waals surface area contributed by atoms with E-state index >= 15 is 0 Å². The minimum atomic E-state index is -0.987. The third-order valence-corrected chi connectivity index (χ3v) is 3.26. The maximum absolute atomic E-state index is 14.3. The zero-order valence-corrected chi connectivity index (χ0v) is 8.02. The Balaban J connectivity index is 1.94. The minimum absolute atomic E-state index is 0.133. The van der Waals surface area contributed by atoms with Crippen molar-refractivity contribution in [3.05, 3.63) is 0 Å². The van der Waals surface area contributed by atoms with Crippen LogP contribution in [0.15, 0.2) is 0 Å². The zero-order valence-electron chi connectivity index (χ0n) is 8.02. The van der Waals surface area contributed by atoms with Crippen LogP contribution in [0.3, 0.4) is 0 Å². The van der Waals surface area contributed by atoms with E-state index < -0.39 is 5.67 Å². The quantitative estimate of drug-likeness (QED) is 0.671. The van der Waals surface area contributed by atoms with Gasteiger partial charge in [-0.15, -0.1) is 0 Å². The second-order valence-electron chi connectivity index (χ2n) is 4.23. The van der Waals surface area contributed by atoms with Crippen molar-refractivity contribution in [2.45, 2.75) is 31.4 Å². The first-order valence-corrected chi connectivity index (χ1v) is 5.29. The molecule has 0 bridgehead atoms. The lowest BCUT2D eigenvalue weighted by Gasteiger charge is -2.38. The lowest BCUT2D eigenvalue weighted by molar-refractivity contribution is -0.0396. The van der Waals surface area contributed by atoms with Crippen molar-refractivity contribution in [2.24, 2.45) is 5.92 Å². The summed E-state index contributed by atoms with van der Waals surface area (Å²) in [6.45, 7) is 2.94. The number of nitrogens with one attached hydrogen (secondary N) is 1. The van der Waals surface area contributed by atoms with E-state index in [0.717, 1.165) is 32.4 Å². The van der Waals surface area contributed by atoms with Gasteiger partial charge in [0.05, 0.1) is 6.61 Å². The summed E-state index contributed by atoms with van der Waals surface area (Å²) in [6.07, 6.45) is 3.70. The van der Waals surface area contributed by atoms with Gasteiger partial charge in [-0.1, -0.05) is 0 Å². The highest BCUT2D eigenvalue weighted by molar-refractivity contribution is 4.92.